The molecule has 3 heteroatoms. The summed E-state index contributed by atoms with van der Waals surface area (Å²) in [5.41, 5.74) is 5.15. The summed E-state index contributed by atoms with van der Waals surface area (Å²) in [7, 11) is 0. The second kappa shape index (κ2) is 5.65. The summed E-state index contributed by atoms with van der Waals surface area (Å²) < 4.78 is 0. The van der Waals surface area contributed by atoms with E-state index in [9.17, 15) is 5.11 Å². The van der Waals surface area contributed by atoms with Crippen LogP contribution in [0, 0.1) is 0 Å². The average Bonchev–Trinajstić information content (AvgIpc) is 2.71. The third kappa shape index (κ3) is 2.46. The number of benzene rings is 2. The molecule has 2 N–H and O–H groups in total. The lowest BCUT2D eigenvalue weighted by Gasteiger charge is -2.24. The second-order valence-electron chi connectivity index (χ2n) is 6.36. The van der Waals surface area contributed by atoms with Crippen LogP contribution in [0.1, 0.15) is 23.1 Å². The van der Waals surface area contributed by atoms with Crippen molar-refractivity contribution in [1.82, 2.24) is 5.32 Å². The smallest absolute Gasteiger partial charge is 0.119 e. The third-order valence-electron chi connectivity index (χ3n) is 4.93. The Kier molecular flexibility index (Phi) is 3.51. The Morgan fingerprint density at radius 1 is 1.14 bits per heavy atom. The molecule has 2 aliphatic heterocycles. The number of hydrogen-bond donors (Lipinski definition) is 2. The van der Waals surface area contributed by atoms with Crippen LogP contribution in [0.3, 0.4) is 0 Å². The van der Waals surface area contributed by atoms with Gasteiger partial charge in [-0.15, -0.1) is 0 Å². The van der Waals surface area contributed by atoms with Gasteiger partial charge < -0.3 is 15.3 Å². The molecule has 2 aromatic carbocycles. The number of fused-ring (bicyclic) bond motifs is 3. The van der Waals surface area contributed by atoms with Gasteiger partial charge in [-0.3, -0.25) is 0 Å². The zero-order valence-electron chi connectivity index (χ0n) is 12.8. The summed E-state index contributed by atoms with van der Waals surface area (Å²) in [4.78, 5) is 2.57. The van der Waals surface area contributed by atoms with E-state index in [1.807, 2.05) is 18.2 Å². The first-order valence-corrected chi connectivity index (χ1v) is 8.17. The van der Waals surface area contributed by atoms with Crippen LogP contribution in [0.25, 0.3) is 0 Å². The fourth-order valence-corrected chi connectivity index (χ4v) is 3.75. The number of phenols is 1. The Balaban J connectivity index is 1.62. The number of hydrogen-bond acceptors (Lipinski definition) is 3. The number of rotatable bonds is 2. The van der Waals surface area contributed by atoms with E-state index < -0.39 is 0 Å². The van der Waals surface area contributed by atoms with Crippen molar-refractivity contribution >= 4 is 5.69 Å². The van der Waals surface area contributed by atoms with Gasteiger partial charge >= 0.3 is 0 Å². The molecule has 2 aliphatic rings. The molecule has 0 radical (unpaired) electrons. The van der Waals surface area contributed by atoms with E-state index in [4.69, 9.17) is 0 Å². The quantitative estimate of drug-likeness (QED) is 0.894. The van der Waals surface area contributed by atoms with Gasteiger partial charge in [-0.05, 0) is 48.2 Å². The summed E-state index contributed by atoms with van der Waals surface area (Å²) in [6.07, 6.45) is 3.19. The van der Waals surface area contributed by atoms with Crippen LogP contribution in [-0.2, 0) is 12.8 Å². The lowest BCUT2D eigenvalue weighted by Crippen LogP contribution is -2.32. The molecule has 0 aliphatic carbocycles. The maximum absolute atomic E-state index is 9.97. The van der Waals surface area contributed by atoms with Crippen molar-refractivity contribution in [2.24, 2.45) is 0 Å². The molecule has 0 saturated carbocycles. The first-order valence-electron chi connectivity index (χ1n) is 8.17. The van der Waals surface area contributed by atoms with Gasteiger partial charge in [0.05, 0.1) is 0 Å². The highest BCUT2D eigenvalue weighted by molar-refractivity contribution is 5.61. The van der Waals surface area contributed by atoms with E-state index in [1.54, 1.807) is 6.07 Å². The van der Waals surface area contributed by atoms with Crippen molar-refractivity contribution in [1.29, 1.82) is 0 Å². The van der Waals surface area contributed by atoms with E-state index >= 15 is 0 Å². The average molecular weight is 294 g/mol. The summed E-state index contributed by atoms with van der Waals surface area (Å²) >= 11 is 0. The Morgan fingerprint density at radius 2 is 2.05 bits per heavy atom. The fourth-order valence-electron chi connectivity index (χ4n) is 3.75. The predicted octanol–water partition coefficient (Wildman–Crippen LogP) is 2.71. The second-order valence-corrected chi connectivity index (χ2v) is 6.36. The molecule has 2 aromatic rings. The number of aromatic hydroxyl groups is 1. The number of para-hydroxylation sites is 1. The van der Waals surface area contributed by atoms with Crippen LogP contribution in [0.15, 0.2) is 42.5 Å². The zero-order chi connectivity index (χ0) is 14.9. The lowest BCUT2D eigenvalue weighted by molar-refractivity contribution is 0.469. The van der Waals surface area contributed by atoms with Crippen LogP contribution < -0.4 is 10.2 Å². The molecule has 1 saturated heterocycles. The van der Waals surface area contributed by atoms with Crippen molar-refractivity contribution in [2.45, 2.75) is 25.3 Å². The molecule has 0 aromatic heterocycles. The molecule has 1 atom stereocenters. The third-order valence-corrected chi connectivity index (χ3v) is 4.93. The van der Waals surface area contributed by atoms with Gasteiger partial charge in [0.15, 0.2) is 0 Å². The first-order chi connectivity index (χ1) is 10.8. The molecule has 22 heavy (non-hydrogen) atoms. The first kappa shape index (κ1) is 13.6. The topological polar surface area (TPSA) is 35.5 Å². The molecule has 4 rings (SSSR count). The van der Waals surface area contributed by atoms with Gasteiger partial charge in [0.1, 0.15) is 5.75 Å². The van der Waals surface area contributed by atoms with E-state index in [2.05, 4.69) is 28.4 Å². The number of anilines is 1. The summed E-state index contributed by atoms with van der Waals surface area (Å²) in [6, 6.07) is 15.1. The Bertz CT molecular complexity index is 683. The molecule has 1 unspecified atom stereocenters. The Morgan fingerprint density at radius 3 is 2.95 bits per heavy atom. The van der Waals surface area contributed by atoms with Gasteiger partial charge in [-0.25, -0.2) is 0 Å². The van der Waals surface area contributed by atoms with Crippen molar-refractivity contribution in [3.05, 3.63) is 59.2 Å². The minimum atomic E-state index is 0.389. The molecule has 0 bridgehead atoms. The molecule has 0 amide bonds. The van der Waals surface area contributed by atoms with Gasteiger partial charge in [0.25, 0.3) is 0 Å². The molecule has 0 spiro atoms. The summed E-state index contributed by atoms with van der Waals surface area (Å²) in [5, 5.41) is 13.5. The maximum atomic E-state index is 9.97. The van der Waals surface area contributed by atoms with E-state index in [1.165, 1.54) is 29.7 Å². The van der Waals surface area contributed by atoms with Crippen LogP contribution >= 0.6 is 0 Å². The molecule has 1 fully saturated rings. The Hall–Kier alpha value is -2.00. The number of phenolic OH excluding ortho intramolecular Hbond substituents is 1. The molecule has 2 heterocycles. The van der Waals surface area contributed by atoms with Crippen molar-refractivity contribution in [3.63, 3.8) is 0 Å². The van der Waals surface area contributed by atoms with Crippen LogP contribution in [0.2, 0.25) is 0 Å². The monoisotopic (exact) mass is 294 g/mol. The highest BCUT2D eigenvalue weighted by Gasteiger charge is 2.29. The van der Waals surface area contributed by atoms with Crippen LogP contribution in [-0.4, -0.2) is 30.8 Å². The summed E-state index contributed by atoms with van der Waals surface area (Å²) in [6.45, 7) is 3.29. The van der Waals surface area contributed by atoms with Gasteiger partial charge in [-0.1, -0.05) is 30.3 Å². The minimum absolute atomic E-state index is 0.389. The van der Waals surface area contributed by atoms with Crippen LogP contribution in [0.4, 0.5) is 5.69 Å². The molecular weight excluding hydrogens is 272 g/mol. The highest BCUT2D eigenvalue weighted by Crippen LogP contribution is 2.35. The fraction of sp³-hybridized carbons (Fsp3) is 0.368. The number of nitrogens with zero attached hydrogens (tertiary/aromatic N) is 1. The molecule has 3 nitrogen and oxygen atoms in total. The van der Waals surface area contributed by atoms with E-state index in [-0.39, 0.29) is 0 Å². The minimum Gasteiger partial charge on any atom is -0.508 e. The van der Waals surface area contributed by atoms with Gasteiger partial charge in [0.2, 0.25) is 0 Å². The number of nitrogens with one attached hydrogen (secondary N) is 1. The van der Waals surface area contributed by atoms with Crippen molar-refractivity contribution in [3.8, 4) is 5.75 Å². The Labute approximate surface area is 131 Å². The maximum Gasteiger partial charge on any atom is 0.119 e. The zero-order valence-corrected chi connectivity index (χ0v) is 12.8. The highest BCUT2D eigenvalue weighted by atomic mass is 16.3. The van der Waals surface area contributed by atoms with Gasteiger partial charge in [0, 0.05) is 31.2 Å². The van der Waals surface area contributed by atoms with E-state index in [0.29, 0.717) is 11.8 Å². The predicted molar refractivity (Wildman–Crippen MR) is 89.7 cm³/mol. The van der Waals surface area contributed by atoms with Crippen LogP contribution in [0.5, 0.6) is 5.75 Å². The molecular formula is C19H22N2O. The SMILES string of the molecule is Oc1ccccc1Cc1ccc2c(c1)N1CCNCCC1C2. The van der Waals surface area contributed by atoms with Gasteiger partial charge in [-0.2, -0.15) is 0 Å². The summed E-state index contributed by atoms with van der Waals surface area (Å²) in [5.74, 6) is 0.389. The largest absolute Gasteiger partial charge is 0.508 e. The van der Waals surface area contributed by atoms with E-state index in [0.717, 1.165) is 31.6 Å². The standard InChI is InChI=1S/C19H22N2O/c22-19-4-2-1-3-16(19)11-14-5-6-15-13-17-7-8-20-9-10-21(17)18(15)12-14/h1-6,12,17,20,22H,7-11,13H2. The lowest BCUT2D eigenvalue weighted by atomic mass is 10.0. The van der Waals surface area contributed by atoms with Crippen molar-refractivity contribution in [2.75, 3.05) is 24.5 Å². The molecule has 114 valence electrons. The normalized spacial score (nSPS) is 20.4. The van der Waals surface area contributed by atoms with Crippen molar-refractivity contribution < 1.29 is 5.11 Å².